The van der Waals surface area contributed by atoms with Crippen LogP contribution in [0.4, 0.5) is 5.69 Å². The van der Waals surface area contributed by atoms with Gasteiger partial charge in [0.2, 0.25) is 0 Å². The molecule has 1 N–H and O–H groups in total. The van der Waals surface area contributed by atoms with Crippen LogP contribution < -0.4 is 5.32 Å². The summed E-state index contributed by atoms with van der Waals surface area (Å²) in [5, 5.41) is 2.99. The molecule has 0 fully saturated rings. The Morgan fingerprint density at radius 3 is 2.39 bits per heavy atom. The summed E-state index contributed by atoms with van der Waals surface area (Å²) in [5.41, 5.74) is 3.46. The molecule has 0 unspecified atom stereocenters. The van der Waals surface area contributed by atoms with Crippen molar-refractivity contribution >= 4 is 23.4 Å². The molecule has 23 heavy (non-hydrogen) atoms. The first-order valence-electron chi connectivity index (χ1n) is 7.38. The Hall–Kier alpha value is -2.52. The van der Waals surface area contributed by atoms with Crippen molar-refractivity contribution in [3.8, 4) is 11.1 Å². The molecule has 0 aliphatic carbocycles. The van der Waals surface area contributed by atoms with Crippen LogP contribution in [0.15, 0.2) is 83.8 Å². The summed E-state index contributed by atoms with van der Waals surface area (Å²) in [6, 6.07) is 25.5. The number of nitrogens with one attached hydrogen (secondary N) is 1. The third kappa shape index (κ3) is 3.63. The van der Waals surface area contributed by atoms with Gasteiger partial charge in [-0.25, -0.2) is 0 Å². The normalized spacial score (nSPS) is 10.3. The molecule has 2 nitrogen and oxygen atoms in total. The van der Waals surface area contributed by atoms with Crippen LogP contribution in [0.5, 0.6) is 0 Å². The number of amides is 1. The number of carbonyl (C=O) groups excluding carboxylic acids is 1. The molecule has 1 amide bonds. The lowest BCUT2D eigenvalue weighted by Crippen LogP contribution is -2.13. The highest BCUT2D eigenvalue weighted by Crippen LogP contribution is 2.25. The zero-order valence-corrected chi connectivity index (χ0v) is 13.6. The Labute approximate surface area is 140 Å². The van der Waals surface area contributed by atoms with E-state index >= 15 is 0 Å². The monoisotopic (exact) mass is 319 g/mol. The van der Waals surface area contributed by atoms with Gasteiger partial charge in [0, 0.05) is 16.1 Å². The minimum Gasteiger partial charge on any atom is -0.322 e. The highest BCUT2D eigenvalue weighted by Gasteiger charge is 2.12. The number of hydrogen-bond acceptors (Lipinski definition) is 2. The molecule has 0 bridgehead atoms. The zero-order valence-electron chi connectivity index (χ0n) is 12.8. The summed E-state index contributed by atoms with van der Waals surface area (Å²) < 4.78 is 0. The van der Waals surface area contributed by atoms with Crippen LogP contribution in [0.2, 0.25) is 0 Å². The maximum Gasteiger partial charge on any atom is 0.256 e. The van der Waals surface area contributed by atoms with E-state index in [1.165, 1.54) is 0 Å². The molecule has 0 heterocycles. The summed E-state index contributed by atoms with van der Waals surface area (Å²) in [4.78, 5) is 13.8. The number of carbonyl (C=O) groups is 1. The smallest absolute Gasteiger partial charge is 0.256 e. The van der Waals surface area contributed by atoms with Gasteiger partial charge in [0.15, 0.2) is 0 Å². The molecule has 0 spiro atoms. The number of anilines is 1. The number of benzene rings is 3. The van der Waals surface area contributed by atoms with Crippen LogP contribution in [-0.4, -0.2) is 12.2 Å². The molecule has 3 rings (SSSR count). The van der Waals surface area contributed by atoms with E-state index in [0.717, 1.165) is 21.7 Å². The van der Waals surface area contributed by atoms with E-state index in [0.29, 0.717) is 5.56 Å². The maximum absolute atomic E-state index is 12.7. The molecule has 0 saturated carbocycles. The lowest BCUT2D eigenvalue weighted by atomic mass is 9.99. The van der Waals surface area contributed by atoms with Gasteiger partial charge in [-0.3, -0.25) is 4.79 Å². The van der Waals surface area contributed by atoms with Gasteiger partial charge < -0.3 is 5.32 Å². The number of rotatable bonds is 4. The molecular weight excluding hydrogens is 302 g/mol. The first kappa shape index (κ1) is 15.4. The lowest BCUT2D eigenvalue weighted by Gasteiger charge is -2.11. The third-order valence-corrected chi connectivity index (χ3v) is 4.31. The van der Waals surface area contributed by atoms with Gasteiger partial charge in [0.25, 0.3) is 5.91 Å². The van der Waals surface area contributed by atoms with E-state index in [-0.39, 0.29) is 5.91 Å². The lowest BCUT2D eigenvalue weighted by molar-refractivity contribution is 0.102. The molecule has 114 valence electrons. The quantitative estimate of drug-likeness (QED) is 0.659. The van der Waals surface area contributed by atoms with E-state index in [1.807, 2.05) is 85.1 Å². The van der Waals surface area contributed by atoms with Gasteiger partial charge in [0.1, 0.15) is 0 Å². The fraction of sp³-hybridized carbons (Fsp3) is 0.0500. The van der Waals surface area contributed by atoms with Gasteiger partial charge in [-0.05, 0) is 41.6 Å². The fourth-order valence-electron chi connectivity index (χ4n) is 2.45. The van der Waals surface area contributed by atoms with Crippen molar-refractivity contribution in [2.75, 3.05) is 11.6 Å². The van der Waals surface area contributed by atoms with Crippen molar-refractivity contribution in [3.63, 3.8) is 0 Å². The molecule has 0 aromatic heterocycles. The Balaban J connectivity index is 1.91. The van der Waals surface area contributed by atoms with Gasteiger partial charge in [0.05, 0.1) is 0 Å². The molecule has 3 heteroatoms. The summed E-state index contributed by atoms with van der Waals surface area (Å²) in [6.45, 7) is 0. The average Bonchev–Trinajstić information content (AvgIpc) is 2.62. The highest BCUT2D eigenvalue weighted by atomic mass is 32.2. The topological polar surface area (TPSA) is 29.1 Å². The summed E-state index contributed by atoms with van der Waals surface area (Å²) >= 11 is 1.65. The van der Waals surface area contributed by atoms with E-state index < -0.39 is 0 Å². The second kappa shape index (κ2) is 7.16. The standard InChI is InChI=1S/C20H17NOS/c1-23-17-11-7-10-16(14-17)21-20(22)19-13-6-5-12-18(19)15-8-3-2-4-9-15/h2-14H,1H3,(H,21,22). The van der Waals surface area contributed by atoms with Crippen molar-refractivity contribution in [3.05, 3.63) is 84.4 Å². The Kier molecular flexibility index (Phi) is 4.79. The Bertz CT molecular complexity index is 815. The Morgan fingerprint density at radius 1 is 0.870 bits per heavy atom. The van der Waals surface area contributed by atoms with E-state index in [1.54, 1.807) is 11.8 Å². The minimum atomic E-state index is -0.0947. The Morgan fingerprint density at radius 2 is 1.61 bits per heavy atom. The van der Waals surface area contributed by atoms with Gasteiger partial charge >= 0.3 is 0 Å². The van der Waals surface area contributed by atoms with Crippen molar-refractivity contribution in [1.82, 2.24) is 0 Å². The van der Waals surface area contributed by atoms with Crippen molar-refractivity contribution in [2.45, 2.75) is 4.90 Å². The molecule has 0 radical (unpaired) electrons. The van der Waals surface area contributed by atoms with Crippen molar-refractivity contribution in [1.29, 1.82) is 0 Å². The summed E-state index contributed by atoms with van der Waals surface area (Å²) in [7, 11) is 0. The van der Waals surface area contributed by atoms with Crippen molar-refractivity contribution < 1.29 is 4.79 Å². The highest BCUT2D eigenvalue weighted by molar-refractivity contribution is 7.98. The average molecular weight is 319 g/mol. The van der Waals surface area contributed by atoms with Gasteiger partial charge in [-0.2, -0.15) is 0 Å². The maximum atomic E-state index is 12.7. The third-order valence-electron chi connectivity index (χ3n) is 3.58. The van der Waals surface area contributed by atoms with Crippen LogP contribution in [0, 0.1) is 0 Å². The molecule has 0 atom stereocenters. The second-order valence-corrected chi connectivity index (χ2v) is 5.98. The van der Waals surface area contributed by atoms with E-state index in [2.05, 4.69) is 5.32 Å². The molecule has 0 aliphatic heterocycles. The molecule has 3 aromatic rings. The van der Waals surface area contributed by atoms with Crippen LogP contribution in [0.1, 0.15) is 10.4 Å². The molecule has 3 aromatic carbocycles. The van der Waals surface area contributed by atoms with Crippen LogP contribution >= 0.6 is 11.8 Å². The van der Waals surface area contributed by atoms with Gasteiger partial charge in [-0.1, -0.05) is 54.6 Å². The SMILES string of the molecule is CSc1cccc(NC(=O)c2ccccc2-c2ccccc2)c1. The summed E-state index contributed by atoms with van der Waals surface area (Å²) in [6.07, 6.45) is 2.02. The van der Waals surface area contributed by atoms with Crippen LogP contribution in [-0.2, 0) is 0 Å². The van der Waals surface area contributed by atoms with Crippen molar-refractivity contribution in [2.24, 2.45) is 0 Å². The molecule has 0 aliphatic rings. The largest absolute Gasteiger partial charge is 0.322 e. The van der Waals surface area contributed by atoms with Gasteiger partial charge in [-0.15, -0.1) is 11.8 Å². The minimum absolute atomic E-state index is 0.0947. The number of hydrogen-bond donors (Lipinski definition) is 1. The second-order valence-electron chi connectivity index (χ2n) is 5.10. The predicted molar refractivity (Wildman–Crippen MR) is 98.1 cm³/mol. The first-order valence-corrected chi connectivity index (χ1v) is 8.60. The van der Waals surface area contributed by atoms with Crippen LogP contribution in [0.3, 0.4) is 0 Å². The summed E-state index contributed by atoms with van der Waals surface area (Å²) in [5.74, 6) is -0.0947. The van der Waals surface area contributed by atoms with E-state index in [4.69, 9.17) is 0 Å². The first-order chi connectivity index (χ1) is 11.3. The predicted octanol–water partition coefficient (Wildman–Crippen LogP) is 5.33. The number of thioether (sulfide) groups is 1. The van der Waals surface area contributed by atoms with Crippen LogP contribution in [0.25, 0.3) is 11.1 Å². The fourth-order valence-corrected chi connectivity index (χ4v) is 2.91. The zero-order chi connectivity index (χ0) is 16.1. The molecular formula is C20H17NOS. The molecule has 0 saturated heterocycles. The van der Waals surface area contributed by atoms with E-state index in [9.17, 15) is 4.79 Å².